The number of unbranched alkanes of at least 4 members (excludes halogenated alkanes) is 16. The van der Waals surface area contributed by atoms with Gasteiger partial charge in [0.15, 0.2) is 0 Å². The molecule has 0 unspecified atom stereocenters. The standard InChI is InChI=1S/C26H51NO3/c1-3-5-7-9-15-19-23-27(24-20-16-10-8-6-4-2)30-26(29)22-18-14-12-11-13-17-21-25-28/h25H,3-24H2,1-2H3. The van der Waals surface area contributed by atoms with Crippen molar-refractivity contribution in [1.29, 1.82) is 0 Å². The first-order valence-electron chi connectivity index (χ1n) is 13.1. The molecule has 0 atom stereocenters. The van der Waals surface area contributed by atoms with Crippen LogP contribution in [0.3, 0.4) is 0 Å². The molecule has 0 aromatic rings. The summed E-state index contributed by atoms with van der Waals surface area (Å²) in [6.07, 6.45) is 23.7. The largest absolute Gasteiger partial charge is 0.368 e. The fourth-order valence-corrected chi connectivity index (χ4v) is 3.73. The molecule has 0 aliphatic rings. The molecule has 0 aliphatic carbocycles. The van der Waals surface area contributed by atoms with Crippen molar-refractivity contribution in [2.45, 2.75) is 142 Å². The first kappa shape index (κ1) is 29.1. The lowest BCUT2D eigenvalue weighted by molar-refractivity contribution is -0.191. The smallest absolute Gasteiger partial charge is 0.325 e. The molecule has 0 spiro atoms. The van der Waals surface area contributed by atoms with Gasteiger partial charge in [-0.05, 0) is 25.7 Å². The molecule has 0 rings (SSSR count). The zero-order valence-corrected chi connectivity index (χ0v) is 20.3. The van der Waals surface area contributed by atoms with Gasteiger partial charge in [0, 0.05) is 25.9 Å². The Morgan fingerprint density at radius 3 is 1.57 bits per heavy atom. The van der Waals surface area contributed by atoms with E-state index in [4.69, 9.17) is 4.84 Å². The summed E-state index contributed by atoms with van der Waals surface area (Å²) in [5, 5.41) is 1.95. The van der Waals surface area contributed by atoms with Gasteiger partial charge in [0.05, 0.1) is 0 Å². The van der Waals surface area contributed by atoms with E-state index in [0.717, 1.165) is 70.7 Å². The van der Waals surface area contributed by atoms with E-state index in [-0.39, 0.29) is 5.97 Å². The third kappa shape index (κ3) is 21.8. The van der Waals surface area contributed by atoms with Crippen LogP contribution < -0.4 is 0 Å². The van der Waals surface area contributed by atoms with Gasteiger partial charge < -0.3 is 9.63 Å². The van der Waals surface area contributed by atoms with Crippen molar-refractivity contribution in [2.75, 3.05) is 13.1 Å². The number of nitrogens with zero attached hydrogens (tertiary/aromatic N) is 1. The summed E-state index contributed by atoms with van der Waals surface area (Å²) >= 11 is 0. The molecule has 0 heterocycles. The third-order valence-electron chi connectivity index (χ3n) is 5.71. The molecule has 0 aromatic carbocycles. The van der Waals surface area contributed by atoms with Crippen LogP contribution in [0.25, 0.3) is 0 Å². The number of rotatable bonds is 24. The molecule has 0 bridgehead atoms. The average molecular weight is 426 g/mol. The van der Waals surface area contributed by atoms with Crippen LogP contribution in [0, 0.1) is 0 Å². The van der Waals surface area contributed by atoms with Gasteiger partial charge in [-0.15, -0.1) is 5.06 Å². The van der Waals surface area contributed by atoms with Gasteiger partial charge in [-0.1, -0.05) is 104 Å². The van der Waals surface area contributed by atoms with Crippen LogP contribution in [0.15, 0.2) is 0 Å². The fourth-order valence-electron chi connectivity index (χ4n) is 3.73. The number of hydrogen-bond acceptors (Lipinski definition) is 4. The summed E-state index contributed by atoms with van der Waals surface area (Å²) in [6.45, 7) is 6.25. The summed E-state index contributed by atoms with van der Waals surface area (Å²) in [4.78, 5) is 28.3. The predicted molar refractivity (Wildman–Crippen MR) is 127 cm³/mol. The van der Waals surface area contributed by atoms with E-state index in [1.54, 1.807) is 0 Å². The first-order valence-corrected chi connectivity index (χ1v) is 13.1. The maximum absolute atomic E-state index is 12.3. The van der Waals surface area contributed by atoms with E-state index in [0.29, 0.717) is 12.8 Å². The lowest BCUT2D eigenvalue weighted by Crippen LogP contribution is -2.29. The Labute approximate surface area is 187 Å². The molecular formula is C26H51NO3. The fraction of sp³-hybridized carbons (Fsp3) is 0.923. The molecule has 0 saturated heterocycles. The van der Waals surface area contributed by atoms with Crippen molar-refractivity contribution >= 4 is 12.3 Å². The number of hydrogen-bond donors (Lipinski definition) is 0. The summed E-state index contributed by atoms with van der Waals surface area (Å²) < 4.78 is 0. The van der Waals surface area contributed by atoms with Gasteiger partial charge in [0.2, 0.25) is 0 Å². The third-order valence-corrected chi connectivity index (χ3v) is 5.71. The molecular weight excluding hydrogens is 374 g/mol. The lowest BCUT2D eigenvalue weighted by atomic mass is 10.1. The van der Waals surface area contributed by atoms with E-state index >= 15 is 0 Å². The molecule has 0 N–H and O–H groups in total. The number of aldehydes is 1. The van der Waals surface area contributed by atoms with Crippen LogP contribution in [-0.4, -0.2) is 30.4 Å². The van der Waals surface area contributed by atoms with Crippen LogP contribution in [0.4, 0.5) is 0 Å². The van der Waals surface area contributed by atoms with Crippen molar-refractivity contribution in [3.63, 3.8) is 0 Å². The second-order valence-electron chi connectivity index (χ2n) is 8.75. The highest BCUT2D eigenvalue weighted by atomic mass is 16.7. The van der Waals surface area contributed by atoms with Gasteiger partial charge in [0.25, 0.3) is 0 Å². The van der Waals surface area contributed by atoms with Crippen LogP contribution in [0.1, 0.15) is 142 Å². The zero-order valence-electron chi connectivity index (χ0n) is 20.3. The van der Waals surface area contributed by atoms with Crippen molar-refractivity contribution in [3.8, 4) is 0 Å². The maximum Gasteiger partial charge on any atom is 0.325 e. The Bertz CT molecular complexity index is 357. The maximum atomic E-state index is 12.3. The minimum Gasteiger partial charge on any atom is -0.368 e. The Kier molecular flexibility index (Phi) is 23.6. The Hall–Kier alpha value is -0.900. The molecule has 4 nitrogen and oxygen atoms in total. The monoisotopic (exact) mass is 425 g/mol. The van der Waals surface area contributed by atoms with Crippen molar-refractivity contribution < 1.29 is 14.4 Å². The summed E-state index contributed by atoms with van der Waals surface area (Å²) in [6, 6.07) is 0. The van der Waals surface area contributed by atoms with E-state index in [1.165, 1.54) is 64.2 Å². The topological polar surface area (TPSA) is 46.6 Å². The van der Waals surface area contributed by atoms with E-state index < -0.39 is 0 Å². The van der Waals surface area contributed by atoms with Crippen molar-refractivity contribution in [3.05, 3.63) is 0 Å². The van der Waals surface area contributed by atoms with E-state index in [1.807, 2.05) is 5.06 Å². The molecule has 4 heteroatoms. The minimum absolute atomic E-state index is 0.0621. The van der Waals surface area contributed by atoms with Gasteiger partial charge in [-0.3, -0.25) is 4.79 Å². The summed E-state index contributed by atoms with van der Waals surface area (Å²) in [7, 11) is 0. The predicted octanol–water partition coefficient (Wildman–Crippen LogP) is 7.79. The number of carbonyl (C=O) groups is 2. The van der Waals surface area contributed by atoms with Gasteiger partial charge in [-0.2, -0.15) is 0 Å². The van der Waals surface area contributed by atoms with Gasteiger partial charge in [0.1, 0.15) is 6.29 Å². The normalized spacial score (nSPS) is 11.2. The first-order chi connectivity index (χ1) is 14.7. The van der Waals surface area contributed by atoms with Crippen LogP contribution in [0.2, 0.25) is 0 Å². The number of carbonyl (C=O) groups excluding carboxylic acids is 2. The highest BCUT2D eigenvalue weighted by Crippen LogP contribution is 2.12. The van der Waals surface area contributed by atoms with Crippen LogP contribution >= 0.6 is 0 Å². The van der Waals surface area contributed by atoms with Gasteiger partial charge in [-0.25, -0.2) is 0 Å². The van der Waals surface area contributed by atoms with Crippen molar-refractivity contribution in [1.82, 2.24) is 5.06 Å². The quantitative estimate of drug-likeness (QED) is 0.0899. The number of hydroxylamine groups is 2. The van der Waals surface area contributed by atoms with Crippen LogP contribution in [-0.2, 0) is 14.4 Å². The Morgan fingerprint density at radius 1 is 0.633 bits per heavy atom. The highest BCUT2D eigenvalue weighted by Gasteiger charge is 2.11. The van der Waals surface area contributed by atoms with Crippen molar-refractivity contribution in [2.24, 2.45) is 0 Å². The molecule has 0 saturated carbocycles. The molecule has 30 heavy (non-hydrogen) atoms. The minimum atomic E-state index is -0.0621. The molecule has 0 fully saturated rings. The summed E-state index contributed by atoms with van der Waals surface area (Å²) in [5.41, 5.74) is 0. The molecule has 0 aliphatic heterocycles. The second-order valence-corrected chi connectivity index (χ2v) is 8.75. The summed E-state index contributed by atoms with van der Waals surface area (Å²) in [5.74, 6) is -0.0621. The molecule has 178 valence electrons. The zero-order chi connectivity index (χ0) is 22.1. The van der Waals surface area contributed by atoms with Crippen LogP contribution in [0.5, 0.6) is 0 Å². The molecule has 0 radical (unpaired) electrons. The average Bonchev–Trinajstić information content (AvgIpc) is 2.74. The van der Waals surface area contributed by atoms with Gasteiger partial charge >= 0.3 is 5.97 Å². The van der Waals surface area contributed by atoms with E-state index in [2.05, 4.69) is 13.8 Å². The SMILES string of the molecule is CCCCCCCCN(CCCCCCCC)OC(=O)CCCCCCCCC=O. The Morgan fingerprint density at radius 2 is 1.07 bits per heavy atom. The molecule has 0 amide bonds. The Balaban J connectivity index is 3.97. The lowest BCUT2D eigenvalue weighted by Gasteiger charge is -2.21. The highest BCUT2D eigenvalue weighted by molar-refractivity contribution is 5.68. The van der Waals surface area contributed by atoms with E-state index in [9.17, 15) is 9.59 Å². The second kappa shape index (κ2) is 24.4. The molecule has 0 aromatic heterocycles.